The van der Waals surface area contributed by atoms with E-state index in [0.717, 1.165) is 18.3 Å². The molecule has 0 heterocycles. The lowest BCUT2D eigenvalue weighted by atomic mass is 9.75. The lowest BCUT2D eigenvalue weighted by Gasteiger charge is -2.28. The first-order chi connectivity index (χ1) is 7.86. The Morgan fingerprint density at radius 1 is 1.12 bits per heavy atom. The van der Waals surface area contributed by atoms with E-state index in [1.807, 2.05) is 0 Å². The van der Waals surface area contributed by atoms with E-state index < -0.39 is 0 Å². The lowest BCUT2D eigenvalue weighted by Crippen LogP contribution is -2.28. The number of hydrogen-bond acceptors (Lipinski definition) is 1. The zero-order chi connectivity index (χ0) is 10.7. The van der Waals surface area contributed by atoms with Gasteiger partial charge in [-0.2, -0.15) is 0 Å². The van der Waals surface area contributed by atoms with Crippen LogP contribution in [0.25, 0.3) is 0 Å². The van der Waals surface area contributed by atoms with Crippen LogP contribution in [-0.2, 0) is 11.2 Å². The molecular weight excluding hydrogens is 196 g/mol. The smallest absolute Gasteiger partial charge is 0.139 e. The number of carbonyl (C=O) groups is 1. The van der Waals surface area contributed by atoms with Crippen LogP contribution >= 0.6 is 0 Å². The number of fused-ring (bicyclic) bond motifs is 1. The van der Waals surface area contributed by atoms with Crippen molar-refractivity contribution in [2.45, 2.75) is 19.3 Å². The monoisotopic (exact) mass is 212 g/mol. The van der Waals surface area contributed by atoms with Crippen LogP contribution in [-0.4, -0.2) is 5.78 Å². The summed E-state index contributed by atoms with van der Waals surface area (Å²) in [7, 11) is 0. The Morgan fingerprint density at radius 3 is 2.56 bits per heavy atom. The molecule has 5 rings (SSSR count). The van der Waals surface area contributed by atoms with Crippen molar-refractivity contribution in [3.05, 3.63) is 35.9 Å². The predicted molar refractivity (Wildman–Crippen MR) is 61.8 cm³/mol. The molecule has 0 saturated heterocycles. The minimum Gasteiger partial charge on any atom is -0.299 e. The Hall–Kier alpha value is -1.11. The van der Waals surface area contributed by atoms with Gasteiger partial charge in [-0.25, -0.2) is 0 Å². The summed E-state index contributed by atoms with van der Waals surface area (Å²) in [6.45, 7) is 0. The minimum absolute atomic E-state index is 0.417. The van der Waals surface area contributed by atoms with Crippen molar-refractivity contribution in [3.8, 4) is 0 Å². The van der Waals surface area contributed by atoms with E-state index in [9.17, 15) is 4.79 Å². The molecular formula is C15H16O. The fourth-order valence-corrected chi connectivity index (χ4v) is 4.38. The molecule has 0 amide bonds. The molecule has 1 heteroatoms. The first kappa shape index (κ1) is 8.98. The lowest BCUT2D eigenvalue weighted by molar-refractivity contribution is -0.125. The van der Waals surface area contributed by atoms with Crippen LogP contribution < -0.4 is 0 Å². The second-order valence-electron chi connectivity index (χ2n) is 5.71. The summed E-state index contributed by atoms with van der Waals surface area (Å²) in [6.07, 6.45) is 3.64. The number of benzene rings is 1. The molecule has 0 aromatic heterocycles. The van der Waals surface area contributed by atoms with Gasteiger partial charge in [-0.3, -0.25) is 4.79 Å². The van der Waals surface area contributed by atoms with Crippen LogP contribution in [0.2, 0.25) is 0 Å². The molecule has 5 atom stereocenters. The SMILES string of the molecule is O=C1[C@@H]2C3CC[C@@H]1C(Cc1ccccc1)C32. The molecule has 0 spiro atoms. The quantitative estimate of drug-likeness (QED) is 0.736. The number of ketones is 1. The second-order valence-corrected chi connectivity index (χ2v) is 5.71. The summed E-state index contributed by atoms with van der Waals surface area (Å²) >= 11 is 0. The van der Waals surface area contributed by atoms with Crippen molar-refractivity contribution in [1.82, 2.24) is 0 Å². The minimum atomic E-state index is 0.417. The first-order valence-electron chi connectivity index (χ1n) is 6.44. The van der Waals surface area contributed by atoms with Crippen molar-refractivity contribution < 1.29 is 4.79 Å². The van der Waals surface area contributed by atoms with E-state index in [4.69, 9.17) is 0 Å². The van der Waals surface area contributed by atoms with E-state index in [1.165, 1.54) is 18.4 Å². The second kappa shape index (κ2) is 2.97. The molecule has 1 aromatic rings. The Labute approximate surface area is 95.9 Å². The van der Waals surface area contributed by atoms with Gasteiger partial charge in [-0.15, -0.1) is 0 Å². The van der Waals surface area contributed by atoms with Crippen molar-refractivity contribution >= 4 is 5.78 Å². The Bertz CT molecular complexity index is 436. The van der Waals surface area contributed by atoms with Gasteiger partial charge in [0.25, 0.3) is 0 Å². The topological polar surface area (TPSA) is 17.1 Å². The van der Waals surface area contributed by atoms with Gasteiger partial charge in [0, 0.05) is 11.8 Å². The van der Waals surface area contributed by atoms with Gasteiger partial charge in [-0.1, -0.05) is 30.3 Å². The molecule has 1 aromatic carbocycles. The van der Waals surface area contributed by atoms with E-state index in [1.54, 1.807) is 0 Å². The van der Waals surface area contributed by atoms with Gasteiger partial charge in [0.2, 0.25) is 0 Å². The summed E-state index contributed by atoms with van der Waals surface area (Å²) in [5.41, 5.74) is 1.42. The maximum atomic E-state index is 12.0. The zero-order valence-corrected chi connectivity index (χ0v) is 9.30. The first-order valence-corrected chi connectivity index (χ1v) is 6.44. The Balaban J connectivity index is 1.60. The van der Waals surface area contributed by atoms with Crippen LogP contribution in [0.15, 0.2) is 30.3 Å². The fraction of sp³-hybridized carbons (Fsp3) is 0.533. The zero-order valence-electron chi connectivity index (χ0n) is 9.30. The number of rotatable bonds is 2. The third kappa shape index (κ3) is 1.04. The van der Waals surface area contributed by atoms with Crippen molar-refractivity contribution in [2.24, 2.45) is 29.6 Å². The molecule has 82 valence electrons. The number of hydrogen-bond donors (Lipinski definition) is 0. The fourth-order valence-electron chi connectivity index (χ4n) is 4.38. The van der Waals surface area contributed by atoms with Gasteiger partial charge >= 0.3 is 0 Å². The summed E-state index contributed by atoms with van der Waals surface area (Å²) < 4.78 is 0. The summed E-state index contributed by atoms with van der Waals surface area (Å²) in [5.74, 6) is 3.76. The van der Waals surface area contributed by atoms with E-state index in [-0.39, 0.29) is 0 Å². The standard InChI is InChI=1S/C15H16O/c16-15-10-6-7-11-13(14(11)15)12(10)8-9-4-2-1-3-5-9/h1-5,10-14H,6-8H2/t10-,11?,12?,13?,14-/m1/s1. The molecule has 0 aliphatic heterocycles. The Kier molecular flexibility index (Phi) is 1.66. The number of Topliss-reactive ketones (excluding diaryl/α,β-unsaturated/α-hetero) is 1. The van der Waals surface area contributed by atoms with Gasteiger partial charge in [0.05, 0.1) is 0 Å². The molecule has 4 fully saturated rings. The molecule has 3 unspecified atom stereocenters. The molecule has 4 aliphatic carbocycles. The van der Waals surface area contributed by atoms with Crippen LogP contribution in [0.5, 0.6) is 0 Å². The van der Waals surface area contributed by atoms with Crippen LogP contribution in [0.3, 0.4) is 0 Å². The van der Waals surface area contributed by atoms with Crippen molar-refractivity contribution in [1.29, 1.82) is 0 Å². The molecule has 4 aliphatic rings. The Morgan fingerprint density at radius 2 is 1.94 bits per heavy atom. The highest BCUT2D eigenvalue weighted by Crippen LogP contribution is 2.68. The third-order valence-corrected chi connectivity index (χ3v) is 5.06. The van der Waals surface area contributed by atoms with E-state index >= 15 is 0 Å². The van der Waals surface area contributed by atoms with Crippen LogP contribution in [0.4, 0.5) is 0 Å². The highest BCUT2D eigenvalue weighted by atomic mass is 16.1. The molecule has 0 N–H and O–H groups in total. The van der Waals surface area contributed by atoms with Crippen LogP contribution in [0, 0.1) is 29.6 Å². The molecule has 1 nitrogen and oxygen atoms in total. The van der Waals surface area contributed by atoms with E-state index in [0.29, 0.717) is 23.5 Å². The molecule has 4 bridgehead atoms. The van der Waals surface area contributed by atoms with Crippen molar-refractivity contribution in [3.63, 3.8) is 0 Å². The molecule has 16 heavy (non-hydrogen) atoms. The summed E-state index contributed by atoms with van der Waals surface area (Å²) in [5, 5.41) is 0. The predicted octanol–water partition coefficient (Wildman–Crippen LogP) is 2.70. The maximum absolute atomic E-state index is 12.0. The van der Waals surface area contributed by atoms with Gasteiger partial charge in [0.1, 0.15) is 5.78 Å². The normalized spacial score (nSPS) is 43.5. The third-order valence-electron chi connectivity index (χ3n) is 5.06. The maximum Gasteiger partial charge on any atom is 0.139 e. The summed E-state index contributed by atoms with van der Waals surface area (Å²) in [6, 6.07) is 10.7. The van der Waals surface area contributed by atoms with Crippen LogP contribution in [0.1, 0.15) is 18.4 Å². The largest absolute Gasteiger partial charge is 0.299 e. The van der Waals surface area contributed by atoms with Gasteiger partial charge in [0.15, 0.2) is 0 Å². The molecule has 0 radical (unpaired) electrons. The van der Waals surface area contributed by atoms with E-state index in [2.05, 4.69) is 30.3 Å². The van der Waals surface area contributed by atoms with Gasteiger partial charge in [-0.05, 0) is 42.6 Å². The van der Waals surface area contributed by atoms with Gasteiger partial charge < -0.3 is 0 Å². The number of carbonyl (C=O) groups excluding carboxylic acids is 1. The highest BCUT2D eigenvalue weighted by molar-refractivity contribution is 5.91. The summed E-state index contributed by atoms with van der Waals surface area (Å²) in [4.78, 5) is 12.0. The van der Waals surface area contributed by atoms with Crippen molar-refractivity contribution in [2.75, 3.05) is 0 Å². The highest BCUT2D eigenvalue weighted by Gasteiger charge is 2.68. The average molecular weight is 212 g/mol. The molecule has 4 saturated carbocycles. The average Bonchev–Trinajstić information content (AvgIpc) is 3.00.